The van der Waals surface area contributed by atoms with E-state index in [0.29, 0.717) is 0 Å². The quantitative estimate of drug-likeness (QED) is 0.360. The van der Waals surface area contributed by atoms with Gasteiger partial charge in [-0.3, -0.25) is 0 Å². The van der Waals surface area contributed by atoms with Crippen molar-refractivity contribution in [3.8, 4) is 0 Å². The van der Waals surface area contributed by atoms with Crippen molar-refractivity contribution in [1.82, 2.24) is 0 Å². The molecule has 0 bridgehead atoms. The molecule has 0 N–H and O–H groups in total. The van der Waals surface area contributed by atoms with Crippen molar-refractivity contribution >= 4 is 16.6 Å². The van der Waals surface area contributed by atoms with E-state index in [0.717, 1.165) is 6.42 Å². The highest BCUT2D eigenvalue weighted by molar-refractivity contribution is 6.74. The first kappa shape index (κ1) is 25.3. The van der Waals surface area contributed by atoms with Gasteiger partial charge in [0, 0.05) is 5.92 Å². The van der Waals surface area contributed by atoms with Crippen LogP contribution in [0.25, 0.3) is 0 Å². The normalized spacial score (nSPS) is 33.4. The highest BCUT2D eigenvalue weighted by Crippen LogP contribution is 2.48. The molecule has 0 aromatic rings. The van der Waals surface area contributed by atoms with Gasteiger partial charge in [0.1, 0.15) is 6.10 Å². The van der Waals surface area contributed by atoms with Crippen LogP contribution in [0.5, 0.6) is 0 Å². The van der Waals surface area contributed by atoms with Crippen LogP contribution in [0.4, 0.5) is 0 Å². The Morgan fingerprint density at radius 3 is 1.76 bits per heavy atom. The van der Waals surface area contributed by atoms with E-state index in [9.17, 15) is 0 Å². The maximum atomic E-state index is 7.01. The summed E-state index contributed by atoms with van der Waals surface area (Å²) in [5, 5.41) is 0.260. The van der Waals surface area contributed by atoms with Gasteiger partial charge in [0.25, 0.3) is 0 Å². The molecule has 2 fully saturated rings. The molecule has 0 spiro atoms. The van der Waals surface area contributed by atoms with Gasteiger partial charge in [-0.15, -0.1) is 6.58 Å². The number of rotatable bonds is 5. The second-order valence-corrected chi connectivity index (χ2v) is 22.0. The molecule has 170 valence electrons. The summed E-state index contributed by atoms with van der Waals surface area (Å²) < 4.78 is 26.8. The molecule has 4 nitrogen and oxygen atoms in total. The maximum Gasteiger partial charge on any atom is 0.192 e. The predicted octanol–water partition coefficient (Wildman–Crippen LogP) is 6.49. The van der Waals surface area contributed by atoms with E-state index in [2.05, 4.69) is 74.3 Å². The summed E-state index contributed by atoms with van der Waals surface area (Å²) in [4.78, 5) is 0. The maximum absolute atomic E-state index is 7.01. The standard InChI is InChI=1S/C23H46O4Si2/c1-14-16-15-17(26-28(10,11)21(2,3)4)19(27-29(12,13)22(5,6)7)20-18(16)24-23(8,9)25-20/h14,16-20H,1,15H2,2-13H3/t16-,17+,18-,19-,20-/m1/s1. The van der Waals surface area contributed by atoms with Crippen LogP contribution in [0, 0.1) is 5.92 Å². The topological polar surface area (TPSA) is 36.9 Å². The Bertz CT molecular complexity index is 601. The van der Waals surface area contributed by atoms with Gasteiger partial charge < -0.3 is 18.3 Å². The molecule has 2 aliphatic rings. The minimum atomic E-state index is -2.02. The second kappa shape index (κ2) is 7.86. The van der Waals surface area contributed by atoms with Crippen molar-refractivity contribution in [2.24, 2.45) is 5.92 Å². The first-order valence-electron chi connectivity index (χ1n) is 11.2. The van der Waals surface area contributed by atoms with Crippen LogP contribution >= 0.6 is 0 Å². The first-order valence-corrected chi connectivity index (χ1v) is 17.0. The van der Waals surface area contributed by atoms with Crippen LogP contribution in [0.2, 0.25) is 36.3 Å². The molecule has 5 atom stereocenters. The molecule has 0 aromatic heterocycles. The van der Waals surface area contributed by atoms with Gasteiger partial charge in [-0.2, -0.15) is 0 Å². The van der Waals surface area contributed by atoms with Gasteiger partial charge in [-0.05, 0) is 56.5 Å². The number of hydrogen-bond acceptors (Lipinski definition) is 4. The average molecular weight is 443 g/mol. The number of ether oxygens (including phenoxy) is 2. The Hall–Kier alpha value is 0.0138. The van der Waals surface area contributed by atoms with Crippen molar-refractivity contribution in [3.05, 3.63) is 12.7 Å². The Morgan fingerprint density at radius 2 is 1.31 bits per heavy atom. The summed E-state index contributed by atoms with van der Waals surface area (Å²) in [7, 11) is -3.99. The molecule has 0 amide bonds. The van der Waals surface area contributed by atoms with Crippen molar-refractivity contribution in [1.29, 1.82) is 0 Å². The van der Waals surface area contributed by atoms with Crippen molar-refractivity contribution in [2.75, 3.05) is 0 Å². The third kappa shape index (κ3) is 5.26. The van der Waals surface area contributed by atoms with E-state index < -0.39 is 22.4 Å². The largest absolute Gasteiger partial charge is 0.411 e. The number of fused-ring (bicyclic) bond motifs is 1. The van der Waals surface area contributed by atoms with Gasteiger partial charge in [0.15, 0.2) is 22.4 Å². The van der Waals surface area contributed by atoms with Crippen molar-refractivity contribution in [3.63, 3.8) is 0 Å². The number of hydrogen-bond donors (Lipinski definition) is 0. The van der Waals surface area contributed by atoms with Gasteiger partial charge in [0.05, 0.1) is 18.3 Å². The van der Waals surface area contributed by atoms with Crippen LogP contribution in [-0.2, 0) is 18.3 Å². The molecule has 1 aliphatic heterocycles. The summed E-state index contributed by atoms with van der Waals surface area (Å²) in [5.41, 5.74) is 0. The molecule has 0 aromatic carbocycles. The zero-order valence-electron chi connectivity index (χ0n) is 21.0. The van der Waals surface area contributed by atoms with Crippen LogP contribution in [0.15, 0.2) is 12.7 Å². The SMILES string of the molecule is C=C[C@@H]1C[C@H](O[Si](C)(C)C(C)(C)C)[C@@H](O[Si](C)(C)C(C)(C)C)[C@@H]2OC(C)(C)O[C@@H]21. The molecular weight excluding hydrogens is 396 g/mol. The lowest BCUT2D eigenvalue weighted by Gasteiger charge is -2.50. The molecule has 29 heavy (non-hydrogen) atoms. The molecule has 2 rings (SSSR count). The zero-order valence-corrected chi connectivity index (χ0v) is 23.0. The highest BCUT2D eigenvalue weighted by Gasteiger charge is 2.57. The Morgan fingerprint density at radius 1 is 0.862 bits per heavy atom. The Balaban J connectivity index is 2.44. The molecule has 0 radical (unpaired) electrons. The van der Waals surface area contributed by atoms with Crippen LogP contribution < -0.4 is 0 Å². The van der Waals surface area contributed by atoms with E-state index in [1.165, 1.54) is 0 Å². The molecule has 1 aliphatic carbocycles. The fourth-order valence-corrected chi connectivity index (χ4v) is 6.37. The molecule has 1 saturated carbocycles. The van der Waals surface area contributed by atoms with E-state index in [1.807, 2.05) is 19.9 Å². The minimum Gasteiger partial charge on any atom is -0.411 e. The Labute approximate surface area is 182 Å². The van der Waals surface area contributed by atoms with Crippen LogP contribution in [0.3, 0.4) is 0 Å². The van der Waals surface area contributed by atoms with Crippen LogP contribution in [0.1, 0.15) is 61.8 Å². The molecule has 6 heteroatoms. The van der Waals surface area contributed by atoms with E-state index in [1.54, 1.807) is 0 Å². The fourth-order valence-electron chi connectivity index (χ4n) is 3.71. The minimum absolute atomic E-state index is 0.00762. The molecule has 0 unspecified atom stereocenters. The van der Waals surface area contributed by atoms with Gasteiger partial charge in [0.2, 0.25) is 0 Å². The second-order valence-electron chi connectivity index (χ2n) is 12.5. The van der Waals surface area contributed by atoms with Crippen molar-refractivity contribution in [2.45, 2.75) is 128 Å². The van der Waals surface area contributed by atoms with E-state index in [4.69, 9.17) is 18.3 Å². The lowest BCUT2D eigenvalue weighted by atomic mass is 9.81. The summed E-state index contributed by atoms with van der Waals surface area (Å²) in [6.45, 7) is 31.1. The molecular formula is C23H46O4Si2. The summed E-state index contributed by atoms with van der Waals surface area (Å²) >= 11 is 0. The van der Waals surface area contributed by atoms with Gasteiger partial charge in [-0.1, -0.05) is 47.6 Å². The van der Waals surface area contributed by atoms with E-state index >= 15 is 0 Å². The summed E-state index contributed by atoms with van der Waals surface area (Å²) in [6, 6.07) is 0. The van der Waals surface area contributed by atoms with Crippen molar-refractivity contribution < 1.29 is 18.3 Å². The lowest BCUT2D eigenvalue weighted by molar-refractivity contribution is -0.156. The van der Waals surface area contributed by atoms with E-state index in [-0.39, 0.29) is 40.4 Å². The van der Waals surface area contributed by atoms with Gasteiger partial charge in [-0.25, -0.2) is 0 Å². The highest BCUT2D eigenvalue weighted by atomic mass is 28.4. The molecule has 1 heterocycles. The first-order chi connectivity index (χ1) is 12.8. The zero-order chi connectivity index (χ0) is 22.6. The molecule has 1 saturated heterocycles. The fraction of sp³-hybridized carbons (Fsp3) is 0.913. The third-order valence-electron chi connectivity index (χ3n) is 7.57. The average Bonchev–Trinajstić information content (AvgIpc) is 2.82. The summed E-state index contributed by atoms with van der Waals surface area (Å²) in [5.74, 6) is -0.409. The smallest absolute Gasteiger partial charge is 0.192 e. The monoisotopic (exact) mass is 442 g/mol. The van der Waals surface area contributed by atoms with Gasteiger partial charge >= 0.3 is 0 Å². The Kier molecular flexibility index (Phi) is 6.85. The summed E-state index contributed by atoms with van der Waals surface area (Å²) in [6.07, 6.45) is 2.60. The van der Waals surface area contributed by atoms with Crippen LogP contribution in [-0.4, -0.2) is 46.8 Å². The lowest BCUT2D eigenvalue weighted by Crippen LogP contribution is -2.61. The third-order valence-corrected chi connectivity index (χ3v) is 16.6. The predicted molar refractivity (Wildman–Crippen MR) is 126 cm³/mol.